The Bertz CT molecular complexity index is 397. The number of ether oxygens (including phenoxy) is 1. The maximum absolute atomic E-state index is 5.94. The summed E-state index contributed by atoms with van der Waals surface area (Å²) in [4.78, 5) is 4.92. The van der Waals surface area contributed by atoms with E-state index in [4.69, 9.17) is 9.73 Å². The van der Waals surface area contributed by atoms with Crippen LogP contribution in [0.2, 0.25) is 0 Å². The molecule has 2 aliphatic heterocycles. The molecule has 0 aromatic carbocycles. The van der Waals surface area contributed by atoms with E-state index in [1.165, 1.54) is 38.5 Å². The van der Waals surface area contributed by atoms with E-state index in [0.29, 0.717) is 18.2 Å². The van der Waals surface area contributed by atoms with Crippen LogP contribution in [0.3, 0.4) is 0 Å². The highest BCUT2D eigenvalue weighted by molar-refractivity contribution is 14.0. The van der Waals surface area contributed by atoms with Crippen LogP contribution in [0.4, 0.5) is 0 Å². The Kier molecular flexibility index (Phi) is 5.53. The monoisotopic (exact) mass is 419 g/mol. The highest BCUT2D eigenvalue weighted by atomic mass is 127. The van der Waals surface area contributed by atoms with Crippen molar-refractivity contribution >= 4 is 29.9 Å². The predicted octanol–water partition coefficient (Wildman–Crippen LogP) is 2.92. The first kappa shape index (κ1) is 16.8. The Hall–Kier alpha value is -0.0400. The van der Waals surface area contributed by atoms with Crippen molar-refractivity contribution in [1.82, 2.24) is 10.6 Å². The molecule has 2 heterocycles. The molecule has 4 aliphatic rings. The second-order valence-corrected chi connectivity index (χ2v) is 7.42. The van der Waals surface area contributed by atoms with Gasteiger partial charge >= 0.3 is 0 Å². The minimum absolute atomic E-state index is 0. The molecule has 3 unspecified atom stereocenters. The van der Waals surface area contributed by atoms with Gasteiger partial charge in [0.2, 0.25) is 0 Å². The van der Waals surface area contributed by atoms with Gasteiger partial charge in [-0.25, -0.2) is 0 Å². The molecule has 0 amide bonds. The van der Waals surface area contributed by atoms with Gasteiger partial charge in [-0.1, -0.05) is 0 Å². The lowest BCUT2D eigenvalue weighted by molar-refractivity contribution is 0.0992. The summed E-state index contributed by atoms with van der Waals surface area (Å²) in [5, 5.41) is 7.06. The van der Waals surface area contributed by atoms with Crippen LogP contribution in [0.15, 0.2) is 4.99 Å². The molecule has 2 aliphatic carbocycles. The van der Waals surface area contributed by atoms with Gasteiger partial charge in [0.15, 0.2) is 5.96 Å². The molecule has 4 fully saturated rings. The van der Waals surface area contributed by atoms with Crippen molar-refractivity contribution in [3.8, 4) is 0 Å². The van der Waals surface area contributed by atoms with Crippen molar-refractivity contribution in [2.75, 3.05) is 13.1 Å². The van der Waals surface area contributed by atoms with Crippen LogP contribution >= 0.6 is 24.0 Å². The predicted molar refractivity (Wildman–Crippen MR) is 99.8 cm³/mol. The standard InChI is InChI=1S/C17H29N3O.HI/c1-2-18-17(20-15-9-13-7-8-16(15)21-13)19-10-14(11-3-4-11)12-5-6-12;/h11-16H,2-10H2,1H3,(H2,18,19,20);1H. The molecule has 2 saturated heterocycles. The topological polar surface area (TPSA) is 45.7 Å². The van der Waals surface area contributed by atoms with E-state index in [0.717, 1.165) is 43.2 Å². The number of nitrogens with one attached hydrogen (secondary N) is 2. The Morgan fingerprint density at radius 1 is 1.14 bits per heavy atom. The number of halogens is 1. The maximum atomic E-state index is 5.94. The van der Waals surface area contributed by atoms with Crippen molar-refractivity contribution in [2.24, 2.45) is 22.7 Å². The van der Waals surface area contributed by atoms with Crippen molar-refractivity contribution in [3.05, 3.63) is 0 Å². The van der Waals surface area contributed by atoms with E-state index in [1.54, 1.807) is 0 Å². The normalized spacial score (nSPS) is 33.9. The molecule has 2 saturated carbocycles. The number of hydrogen-bond acceptors (Lipinski definition) is 2. The Morgan fingerprint density at radius 2 is 1.86 bits per heavy atom. The largest absolute Gasteiger partial charge is 0.373 e. The lowest BCUT2D eigenvalue weighted by atomic mass is 9.95. The molecular weight excluding hydrogens is 389 g/mol. The molecule has 0 spiro atoms. The summed E-state index contributed by atoms with van der Waals surface area (Å²) in [6.45, 7) is 4.10. The highest BCUT2D eigenvalue weighted by Gasteiger charge is 2.42. The maximum Gasteiger partial charge on any atom is 0.191 e. The van der Waals surface area contributed by atoms with E-state index in [9.17, 15) is 0 Å². The van der Waals surface area contributed by atoms with Gasteiger partial charge in [0.25, 0.3) is 0 Å². The molecule has 0 radical (unpaired) electrons. The molecule has 4 rings (SSSR count). The lowest BCUT2D eigenvalue weighted by Gasteiger charge is -2.23. The molecule has 126 valence electrons. The summed E-state index contributed by atoms with van der Waals surface area (Å²) in [7, 11) is 0. The first-order valence-electron chi connectivity index (χ1n) is 9.03. The Morgan fingerprint density at radius 3 is 2.36 bits per heavy atom. The average molecular weight is 419 g/mol. The quantitative estimate of drug-likeness (QED) is 0.396. The fourth-order valence-electron chi connectivity index (χ4n) is 4.21. The SMILES string of the molecule is CCNC(=NCC(C1CC1)C1CC1)NC1CC2CCC1O2.I. The van der Waals surface area contributed by atoms with E-state index in [-0.39, 0.29) is 24.0 Å². The van der Waals surface area contributed by atoms with Gasteiger partial charge in [-0.2, -0.15) is 0 Å². The summed E-state index contributed by atoms with van der Waals surface area (Å²) in [5.74, 6) is 3.84. The Balaban J connectivity index is 0.00000144. The molecule has 5 heteroatoms. The lowest BCUT2D eigenvalue weighted by Crippen LogP contribution is -2.47. The average Bonchev–Trinajstić information content (AvgIpc) is 3.41. The van der Waals surface area contributed by atoms with Crippen LogP contribution in [-0.4, -0.2) is 37.3 Å². The second kappa shape index (κ2) is 7.24. The minimum Gasteiger partial charge on any atom is -0.373 e. The van der Waals surface area contributed by atoms with Crippen LogP contribution in [-0.2, 0) is 4.74 Å². The summed E-state index contributed by atoms with van der Waals surface area (Å²) in [6, 6.07) is 0.474. The van der Waals surface area contributed by atoms with Crippen LogP contribution in [0.5, 0.6) is 0 Å². The van der Waals surface area contributed by atoms with Crippen LogP contribution in [0.25, 0.3) is 0 Å². The van der Waals surface area contributed by atoms with Crippen molar-refractivity contribution in [1.29, 1.82) is 0 Å². The third-order valence-corrected chi connectivity index (χ3v) is 5.69. The zero-order valence-electron chi connectivity index (χ0n) is 13.6. The van der Waals surface area contributed by atoms with Gasteiger partial charge < -0.3 is 15.4 Å². The van der Waals surface area contributed by atoms with E-state index in [2.05, 4.69) is 17.6 Å². The van der Waals surface area contributed by atoms with Crippen LogP contribution in [0.1, 0.15) is 51.9 Å². The van der Waals surface area contributed by atoms with Gasteiger partial charge in [-0.3, -0.25) is 4.99 Å². The van der Waals surface area contributed by atoms with Gasteiger partial charge in [0, 0.05) is 13.1 Å². The van der Waals surface area contributed by atoms with Gasteiger partial charge in [0.05, 0.1) is 18.2 Å². The fraction of sp³-hybridized carbons (Fsp3) is 0.941. The van der Waals surface area contributed by atoms with Gasteiger partial charge in [0.1, 0.15) is 0 Å². The summed E-state index contributed by atoms with van der Waals surface area (Å²) in [5.41, 5.74) is 0. The molecule has 22 heavy (non-hydrogen) atoms. The molecule has 0 aromatic heterocycles. The van der Waals surface area contributed by atoms with Crippen molar-refractivity contribution in [3.63, 3.8) is 0 Å². The van der Waals surface area contributed by atoms with Gasteiger partial charge in [-0.15, -0.1) is 24.0 Å². The van der Waals surface area contributed by atoms with Gasteiger partial charge in [-0.05, 0) is 69.6 Å². The first-order chi connectivity index (χ1) is 10.3. The number of nitrogens with zero attached hydrogens (tertiary/aromatic N) is 1. The minimum atomic E-state index is 0. The van der Waals surface area contributed by atoms with Crippen LogP contribution < -0.4 is 10.6 Å². The number of hydrogen-bond donors (Lipinski definition) is 2. The number of fused-ring (bicyclic) bond motifs is 2. The zero-order chi connectivity index (χ0) is 14.2. The number of rotatable bonds is 6. The zero-order valence-corrected chi connectivity index (χ0v) is 15.9. The number of guanidine groups is 1. The number of aliphatic imine (C=N–C) groups is 1. The fourth-order valence-corrected chi connectivity index (χ4v) is 4.21. The van der Waals surface area contributed by atoms with Crippen LogP contribution in [0, 0.1) is 17.8 Å². The third kappa shape index (κ3) is 3.89. The highest BCUT2D eigenvalue weighted by Crippen LogP contribution is 2.49. The first-order valence-corrected chi connectivity index (χ1v) is 9.03. The molecular formula is C17H30IN3O. The Labute approximate surface area is 151 Å². The van der Waals surface area contributed by atoms with Crippen molar-refractivity contribution in [2.45, 2.75) is 70.1 Å². The molecule has 3 atom stereocenters. The summed E-state index contributed by atoms with van der Waals surface area (Å²) >= 11 is 0. The van der Waals surface area contributed by atoms with E-state index in [1.807, 2.05) is 0 Å². The van der Waals surface area contributed by atoms with Crippen molar-refractivity contribution < 1.29 is 4.74 Å². The van der Waals surface area contributed by atoms with E-state index >= 15 is 0 Å². The smallest absolute Gasteiger partial charge is 0.191 e. The molecule has 4 nitrogen and oxygen atoms in total. The third-order valence-electron chi connectivity index (χ3n) is 5.69. The molecule has 0 aromatic rings. The summed E-state index contributed by atoms with van der Waals surface area (Å²) in [6.07, 6.45) is 10.3. The van der Waals surface area contributed by atoms with E-state index < -0.39 is 0 Å². The molecule has 2 N–H and O–H groups in total. The second-order valence-electron chi connectivity index (χ2n) is 7.42. The molecule has 2 bridgehead atoms. The summed E-state index contributed by atoms with van der Waals surface area (Å²) < 4.78 is 5.94.